The van der Waals surface area contributed by atoms with Gasteiger partial charge >= 0.3 is 0 Å². The van der Waals surface area contributed by atoms with Crippen LogP contribution in [0.1, 0.15) is 24.5 Å². The van der Waals surface area contributed by atoms with Gasteiger partial charge in [-0.2, -0.15) is 0 Å². The fourth-order valence-corrected chi connectivity index (χ4v) is 8.97. The van der Waals surface area contributed by atoms with E-state index < -0.39 is 31.6 Å². The third kappa shape index (κ3) is 4.81. The van der Waals surface area contributed by atoms with Crippen LogP contribution in [0.4, 0.5) is 15.5 Å². The van der Waals surface area contributed by atoms with E-state index in [1.165, 1.54) is 0 Å². The maximum absolute atomic E-state index is 16.1. The number of anilines is 2. The molecule has 1 fully saturated rings. The Labute approximate surface area is 230 Å². The third-order valence-corrected chi connectivity index (χ3v) is 10.6. The van der Waals surface area contributed by atoms with E-state index in [2.05, 4.69) is 0 Å². The van der Waals surface area contributed by atoms with Crippen molar-refractivity contribution in [2.24, 2.45) is 5.92 Å². The van der Waals surface area contributed by atoms with Gasteiger partial charge in [0.15, 0.2) is 5.60 Å². The highest BCUT2D eigenvalue weighted by Crippen LogP contribution is 2.61. The van der Waals surface area contributed by atoms with Gasteiger partial charge in [0.2, 0.25) is 14.3 Å². The van der Waals surface area contributed by atoms with E-state index in [-0.39, 0.29) is 31.4 Å². The number of carbonyl (C=O) groups is 2. The summed E-state index contributed by atoms with van der Waals surface area (Å²) in [6.45, 7) is 5.45. The zero-order valence-corrected chi connectivity index (χ0v) is 23.6. The molecular weight excluding hydrogens is 511 g/mol. The lowest BCUT2D eigenvalue weighted by molar-refractivity contribution is -0.149. The van der Waals surface area contributed by atoms with Gasteiger partial charge in [-0.05, 0) is 36.9 Å². The lowest BCUT2D eigenvalue weighted by Crippen LogP contribution is -2.44. The molecule has 0 bridgehead atoms. The zero-order valence-electron chi connectivity index (χ0n) is 22.6. The van der Waals surface area contributed by atoms with Gasteiger partial charge in [0.05, 0.1) is 24.8 Å². The maximum atomic E-state index is 16.1. The summed E-state index contributed by atoms with van der Waals surface area (Å²) in [5, 5.41) is 9.67. The van der Waals surface area contributed by atoms with Crippen molar-refractivity contribution in [2.45, 2.75) is 50.2 Å². The first-order valence-electron chi connectivity index (χ1n) is 13.5. The molecule has 0 aliphatic carbocycles. The van der Waals surface area contributed by atoms with Crippen LogP contribution in [0, 0.1) is 5.92 Å². The van der Waals surface area contributed by atoms with Crippen LogP contribution in [-0.4, -0.2) is 49.5 Å². The standard InChI is InChI=1S/C31H35FN2O4Si/c1-22-29(39(2,3)32)27(20-28(36)33(18-19-35)21-23-12-6-4-7-13-23)38-31(22)25-16-10-11-17-26(25)34(30(31)37)24-14-8-5-9-15-24/h4-17,22,27,29,35H,18-21H2,1-3H3/t22-,27+,29-,31+/m0/s1. The van der Waals surface area contributed by atoms with Gasteiger partial charge in [-0.1, -0.05) is 73.7 Å². The van der Waals surface area contributed by atoms with E-state index in [4.69, 9.17) is 4.74 Å². The van der Waals surface area contributed by atoms with Crippen molar-refractivity contribution in [3.63, 3.8) is 0 Å². The normalized spacial score (nSPS) is 24.3. The summed E-state index contributed by atoms with van der Waals surface area (Å²) in [6.07, 6.45) is -0.839. The van der Waals surface area contributed by atoms with Gasteiger partial charge < -0.3 is 18.9 Å². The molecule has 6 nitrogen and oxygen atoms in total. The molecule has 2 aliphatic rings. The number of aliphatic hydroxyl groups excluding tert-OH is 1. The number of benzene rings is 3. The summed E-state index contributed by atoms with van der Waals surface area (Å²) in [5.74, 6) is -0.967. The second-order valence-electron chi connectivity index (χ2n) is 11.0. The summed E-state index contributed by atoms with van der Waals surface area (Å²) in [6, 6.07) is 26.5. The number of hydrogen-bond donors (Lipinski definition) is 1. The number of nitrogens with zero attached hydrogens (tertiary/aromatic N) is 2. The predicted octanol–water partition coefficient (Wildman–Crippen LogP) is 5.55. The van der Waals surface area contributed by atoms with Crippen LogP contribution >= 0.6 is 0 Å². The lowest BCUT2D eigenvalue weighted by Gasteiger charge is -2.31. The van der Waals surface area contributed by atoms with Crippen molar-refractivity contribution in [3.8, 4) is 0 Å². The largest absolute Gasteiger partial charge is 0.395 e. The number of aliphatic hydroxyl groups is 1. The highest BCUT2D eigenvalue weighted by Gasteiger charge is 2.67. The Hall–Kier alpha value is -3.33. The quantitative estimate of drug-likeness (QED) is 0.297. The molecule has 0 aromatic heterocycles. The zero-order chi connectivity index (χ0) is 27.8. The lowest BCUT2D eigenvalue weighted by atomic mass is 9.82. The van der Waals surface area contributed by atoms with Crippen LogP contribution < -0.4 is 4.90 Å². The van der Waals surface area contributed by atoms with Crippen LogP contribution in [0.3, 0.4) is 0 Å². The van der Waals surface area contributed by atoms with Gasteiger partial charge in [0.1, 0.15) is 0 Å². The maximum Gasteiger partial charge on any atom is 0.268 e. The Morgan fingerprint density at radius 1 is 1.03 bits per heavy atom. The predicted molar refractivity (Wildman–Crippen MR) is 152 cm³/mol. The number of hydrogen-bond acceptors (Lipinski definition) is 4. The molecule has 5 rings (SSSR count). The SMILES string of the molecule is C[C@H]1[C@H]([Si](C)(C)F)[C@@H](CC(=O)N(CCO)Cc2ccccc2)O[C@]12C(=O)N(c1ccccc1)c1ccccc12. The third-order valence-electron chi connectivity index (χ3n) is 8.11. The van der Waals surface area contributed by atoms with Crippen molar-refractivity contribution in [1.82, 2.24) is 4.90 Å². The molecule has 8 heteroatoms. The number of ether oxygens (including phenoxy) is 1. The van der Waals surface area contributed by atoms with Crippen LogP contribution in [0.15, 0.2) is 84.9 Å². The Bertz CT molecular complexity index is 1330. The Balaban J connectivity index is 1.51. The number of rotatable bonds is 8. The number of amides is 2. The minimum absolute atomic E-state index is 0.0648. The van der Waals surface area contributed by atoms with Crippen LogP contribution in [0.5, 0.6) is 0 Å². The molecule has 39 heavy (non-hydrogen) atoms. The molecule has 2 amide bonds. The Morgan fingerprint density at radius 3 is 2.28 bits per heavy atom. The first-order valence-corrected chi connectivity index (χ1v) is 16.4. The molecule has 0 unspecified atom stereocenters. The van der Waals surface area contributed by atoms with E-state index in [0.29, 0.717) is 17.8 Å². The van der Waals surface area contributed by atoms with E-state index in [1.54, 1.807) is 22.9 Å². The average Bonchev–Trinajstić information content (AvgIpc) is 3.35. The second-order valence-corrected chi connectivity index (χ2v) is 14.8. The van der Waals surface area contributed by atoms with Crippen molar-refractivity contribution in [3.05, 3.63) is 96.1 Å². The molecule has 3 aromatic carbocycles. The van der Waals surface area contributed by atoms with Gasteiger partial charge in [-0.15, -0.1) is 0 Å². The Kier molecular flexibility index (Phi) is 7.46. The monoisotopic (exact) mass is 546 g/mol. The molecule has 3 aromatic rings. The molecule has 0 radical (unpaired) electrons. The van der Waals surface area contributed by atoms with Crippen molar-refractivity contribution < 1.29 is 23.5 Å². The molecule has 1 spiro atoms. The minimum Gasteiger partial charge on any atom is -0.395 e. The van der Waals surface area contributed by atoms with Crippen LogP contribution in [0.2, 0.25) is 18.6 Å². The molecular formula is C31H35FN2O4Si. The van der Waals surface area contributed by atoms with E-state index in [1.807, 2.05) is 91.9 Å². The van der Waals surface area contributed by atoms with Gasteiger partial charge in [0, 0.05) is 35.8 Å². The summed E-state index contributed by atoms with van der Waals surface area (Å²) in [7, 11) is -3.41. The van der Waals surface area contributed by atoms with Crippen LogP contribution in [0.25, 0.3) is 0 Å². The molecule has 0 saturated carbocycles. The number of carbonyl (C=O) groups excluding carboxylic acids is 2. The highest BCUT2D eigenvalue weighted by atomic mass is 28.4. The van der Waals surface area contributed by atoms with E-state index in [0.717, 1.165) is 11.3 Å². The topological polar surface area (TPSA) is 70.1 Å². The summed E-state index contributed by atoms with van der Waals surface area (Å²) >= 11 is 0. The van der Waals surface area contributed by atoms with Crippen molar-refractivity contribution in [2.75, 3.05) is 18.1 Å². The number of para-hydroxylation sites is 2. The van der Waals surface area contributed by atoms with Gasteiger partial charge in [-0.3, -0.25) is 14.5 Å². The molecule has 1 saturated heterocycles. The van der Waals surface area contributed by atoms with Gasteiger partial charge in [-0.25, -0.2) is 0 Å². The molecule has 1 N–H and O–H groups in total. The number of fused-ring (bicyclic) bond motifs is 2. The van der Waals surface area contributed by atoms with E-state index in [9.17, 15) is 14.7 Å². The fraction of sp³-hybridized carbons (Fsp3) is 0.355. The van der Waals surface area contributed by atoms with Gasteiger partial charge in [0.25, 0.3) is 5.91 Å². The van der Waals surface area contributed by atoms with Crippen molar-refractivity contribution >= 4 is 31.6 Å². The summed E-state index contributed by atoms with van der Waals surface area (Å²) < 4.78 is 22.8. The van der Waals surface area contributed by atoms with Crippen LogP contribution in [-0.2, 0) is 26.5 Å². The molecule has 2 heterocycles. The molecule has 4 atom stereocenters. The summed E-state index contributed by atoms with van der Waals surface area (Å²) in [5.41, 5.74) is 1.11. The van der Waals surface area contributed by atoms with E-state index >= 15 is 4.11 Å². The first-order chi connectivity index (χ1) is 18.7. The average molecular weight is 547 g/mol. The highest BCUT2D eigenvalue weighted by molar-refractivity contribution is 6.72. The molecule has 204 valence electrons. The first kappa shape index (κ1) is 27.2. The smallest absolute Gasteiger partial charge is 0.268 e. The summed E-state index contributed by atoms with van der Waals surface area (Å²) in [4.78, 5) is 31.2. The number of halogens is 1. The second kappa shape index (κ2) is 10.7. The molecule has 2 aliphatic heterocycles. The fourth-order valence-electron chi connectivity index (χ4n) is 6.48. The Morgan fingerprint density at radius 2 is 1.64 bits per heavy atom. The minimum atomic E-state index is -3.41. The van der Waals surface area contributed by atoms with Crippen molar-refractivity contribution in [1.29, 1.82) is 0 Å².